The van der Waals surface area contributed by atoms with Crippen molar-refractivity contribution in [1.82, 2.24) is 5.32 Å². The smallest absolute Gasteiger partial charge is 0.338 e. The summed E-state index contributed by atoms with van der Waals surface area (Å²) in [4.78, 5) is 51.7. The molecule has 1 aliphatic heterocycles. The van der Waals surface area contributed by atoms with Crippen molar-refractivity contribution in [3.63, 3.8) is 0 Å². The summed E-state index contributed by atoms with van der Waals surface area (Å²) < 4.78 is 5.09. The minimum atomic E-state index is -0.657. The number of amides is 2. The molecule has 1 aliphatic rings. The Morgan fingerprint density at radius 1 is 0.969 bits per heavy atom. The molecular weight excluding hydrogens is 428 g/mol. The summed E-state index contributed by atoms with van der Waals surface area (Å²) in [6.07, 6.45) is 0.0790. The van der Waals surface area contributed by atoms with Gasteiger partial charge in [-0.3, -0.25) is 14.4 Å². The zero-order valence-electron chi connectivity index (χ0n) is 17.0. The van der Waals surface area contributed by atoms with E-state index in [9.17, 15) is 19.2 Å². The highest BCUT2D eigenvalue weighted by molar-refractivity contribution is 7.09. The van der Waals surface area contributed by atoms with Gasteiger partial charge >= 0.3 is 5.97 Å². The van der Waals surface area contributed by atoms with Crippen molar-refractivity contribution >= 4 is 40.6 Å². The number of hydrogen-bond donors (Lipinski definition) is 1. The molecule has 8 heteroatoms. The summed E-state index contributed by atoms with van der Waals surface area (Å²) in [5.41, 5.74) is 1.07. The van der Waals surface area contributed by atoms with Gasteiger partial charge in [0, 0.05) is 17.0 Å². The van der Waals surface area contributed by atoms with Gasteiger partial charge in [-0.1, -0.05) is 36.4 Å². The second-order valence-corrected chi connectivity index (χ2v) is 8.23. The Labute approximate surface area is 188 Å². The van der Waals surface area contributed by atoms with E-state index in [-0.39, 0.29) is 36.2 Å². The molecule has 2 heterocycles. The van der Waals surface area contributed by atoms with Crippen LogP contribution in [0.1, 0.15) is 32.0 Å². The van der Waals surface area contributed by atoms with Gasteiger partial charge in [-0.25, -0.2) is 9.69 Å². The molecule has 0 bridgehead atoms. The molecule has 1 atom stereocenters. The Morgan fingerprint density at radius 2 is 1.72 bits per heavy atom. The quantitative estimate of drug-likeness (QED) is 0.323. The molecule has 4 rings (SSSR count). The van der Waals surface area contributed by atoms with Crippen LogP contribution in [0.5, 0.6) is 0 Å². The minimum Gasteiger partial charge on any atom is -0.454 e. The minimum absolute atomic E-state index is 0.0790. The van der Waals surface area contributed by atoms with Crippen molar-refractivity contribution in [1.29, 1.82) is 0 Å². The number of benzene rings is 2. The van der Waals surface area contributed by atoms with Crippen LogP contribution in [0.4, 0.5) is 5.69 Å². The molecule has 1 fully saturated rings. The molecule has 162 valence electrons. The molecule has 7 nitrogen and oxygen atoms in total. The predicted octanol–water partition coefficient (Wildman–Crippen LogP) is 3.21. The van der Waals surface area contributed by atoms with Gasteiger partial charge < -0.3 is 10.1 Å². The number of imide groups is 1. The number of nitrogens with zero attached hydrogens (tertiary/aromatic N) is 1. The van der Waals surface area contributed by atoms with E-state index in [1.807, 2.05) is 17.5 Å². The van der Waals surface area contributed by atoms with E-state index in [1.54, 1.807) is 41.7 Å². The van der Waals surface area contributed by atoms with Crippen LogP contribution >= 0.6 is 11.3 Å². The van der Waals surface area contributed by atoms with Crippen LogP contribution < -0.4 is 10.2 Å². The van der Waals surface area contributed by atoms with Gasteiger partial charge in [0.1, 0.15) is 0 Å². The summed E-state index contributed by atoms with van der Waals surface area (Å²) in [6.45, 7) is 0.146. The van der Waals surface area contributed by atoms with E-state index in [1.165, 1.54) is 24.3 Å². The number of carbonyl (C=O) groups excluding carboxylic acids is 4. The number of thiophene rings is 1. The Hall–Kier alpha value is -3.62. The molecule has 0 radical (unpaired) electrons. The number of hydrogen-bond acceptors (Lipinski definition) is 7. The average molecular weight is 449 g/mol. The first-order valence-electron chi connectivity index (χ1n) is 10.0. The van der Waals surface area contributed by atoms with Crippen molar-refractivity contribution in [3.05, 3.63) is 88.1 Å². The molecule has 1 aromatic heterocycles. The van der Waals surface area contributed by atoms with E-state index in [2.05, 4.69) is 5.32 Å². The van der Waals surface area contributed by atoms with E-state index in [0.717, 1.165) is 9.78 Å². The number of nitrogens with one attached hydrogen (secondary N) is 1. The van der Waals surface area contributed by atoms with Gasteiger partial charge in [0.05, 0.1) is 23.7 Å². The zero-order chi connectivity index (χ0) is 22.5. The number of ketones is 1. The van der Waals surface area contributed by atoms with E-state index < -0.39 is 12.0 Å². The topological polar surface area (TPSA) is 92.8 Å². The molecule has 3 aromatic rings. The molecule has 0 aliphatic carbocycles. The van der Waals surface area contributed by atoms with Gasteiger partial charge in [-0.05, 0) is 35.7 Å². The second-order valence-electron chi connectivity index (χ2n) is 7.20. The third kappa shape index (κ3) is 4.82. The second kappa shape index (κ2) is 9.67. The standard InChI is InChI=1S/C24H20N2O5S/c27-21(16-5-2-1-3-6-16)15-31-24(30)17-8-10-18(11-9-17)26-22(28)13-20(23(26)29)25-14-19-7-4-12-32-19/h1-12,20,25H,13-15H2. The number of Topliss-reactive ketones (excluding diaryl/α,β-unsaturated/α-hetero) is 1. The van der Waals surface area contributed by atoms with Crippen LogP contribution in [0, 0.1) is 0 Å². The molecule has 2 amide bonds. The molecule has 1 saturated heterocycles. The number of anilines is 1. The van der Waals surface area contributed by atoms with Crippen molar-refractivity contribution in [2.45, 2.75) is 19.0 Å². The summed E-state index contributed by atoms with van der Waals surface area (Å²) in [5, 5.41) is 5.08. The molecule has 0 spiro atoms. The lowest BCUT2D eigenvalue weighted by molar-refractivity contribution is -0.121. The van der Waals surface area contributed by atoms with E-state index >= 15 is 0 Å². The zero-order valence-corrected chi connectivity index (χ0v) is 17.8. The number of ether oxygens (including phenoxy) is 1. The maximum absolute atomic E-state index is 12.7. The summed E-state index contributed by atoms with van der Waals surface area (Å²) in [6, 6.07) is 17.8. The fraction of sp³-hybridized carbons (Fsp3) is 0.167. The maximum atomic E-state index is 12.7. The van der Waals surface area contributed by atoms with Crippen molar-refractivity contribution in [2.75, 3.05) is 11.5 Å². The van der Waals surface area contributed by atoms with Gasteiger partial charge in [0.25, 0.3) is 5.91 Å². The Balaban J connectivity index is 1.35. The van der Waals surface area contributed by atoms with Gasteiger partial charge in [0.15, 0.2) is 12.4 Å². The third-order valence-corrected chi connectivity index (χ3v) is 5.92. The number of esters is 1. The predicted molar refractivity (Wildman–Crippen MR) is 120 cm³/mol. The van der Waals surface area contributed by atoms with E-state index in [4.69, 9.17) is 4.74 Å². The average Bonchev–Trinajstić information content (AvgIpc) is 3.44. The van der Waals surface area contributed by atoms with Gasteiger partial charge in [-0.15, -0.1) is 11.3 Å². The normalized spacial score (nSPS) is 15.8. The Bertz CT molecular complexity index is 1130. The molecule has 1 N–H and O–H groups in total. The fourth-order valence-corrected chi connectivity index (χ4v) is 4.02. The van der Waals surface area contributed by atoms with Crippen molar-refractivity contribution < 1.29 is 23.9 Å². The van der Waals surface area contributed by atoms with Crippen LogP contribution in [0.15, 0.2) is 72.1 Å². The first-order valence-corrected chi connectivity index (χ1v) is 10.9. The van der Waals surface area contributed by atoms with Crippen LogP contribution in [0.2, 0.25) is 0 Å². The number of rotatable bonds is 8. The van der Waals surface area contributed by atoms with Crippen molar-refractivity contribution in [2.24, 2.45) is 0 Å². The van der Waals surface area contributed by atoms with E-state index in [0.29, 0.717) is 17.8 Å². The highest BCUT2D eigenvalue weighted by Gasteiger charge is 2.39. The van der Waals surface area contributed by atoms with Gasteiger partial charge in [-0.2, -0.15) is 0 Å². The first kappa shape index (κ1) is 21.6. The maximum Gasteiger partial charge on any atom is 0.338 e. The largest absolute Gasteiger partial charge is 0.454 e. The lowest BCUT2D eigenvalue weighted by atomic mass is 10.1. The molecule has 32 heavy (non-hydrogen) atoms. The SMILES string of the molecule is O=C(COC(=O)c1ccc(N2C(=O)CC(NCc3cccs3)C2=O)cc1)c1ccccc1. The summed E-state index contributed by atoms with van der Waals surface area (Å²) in [7, 11) is 0. The lowest BCUT2D eigenvalue weighted by Crippen LogP contribution is -2.38. The molecular formula is C24H20N2O5S. The van der Waals surface area contributed by atoms with Crippen LogP contribution in [0.3, 0.4) is 0 Å². The number of carbonyl (C=O) groups is 4. The van der Waals surface area contributed by atoms with Crippen molar-refractivity contribution in [3.8, 4) is 0 Å². The first-order chi connectivity index (χ1) is 15.5. The Kier molecular flexibility index (Phi) is 6.53. The fourth-order valence-electron chi connectivity index (χ4n) is 3.37. The molecule has 1 unspecified atom stereocenters. The highest BCUT2D eigenvalue weighted by Crippen LogP contribution is 2.24. The van der Waals surface area contributed by atoms with Gasteiger partial charge in [0.2, 0.25) is 5.91 Å². The highest BCUT2D eigenvalue weighted by atomic mass is 32.1. The molecule has 2 aromatic carbocycles. The Morgan fingerprint density at radius 3 is 2.41 bits per heavy atom. The monoisotopic (exact) mass is 448 g/mol. The molecule has 0 saturated carbocycles. The van der Waals surface area contributed by atoms with Crippen LogP contribution in [-0.2, 0) is 20.9 Å². The summed E-state index contributed by atoms with van der Waals surface area (Å²) in [5.74, 6) is -1.59. The summed E-state index contributed by atoms with van der Waals surface area (Å²) >= 11 is 1.58. The van der Waals surface area contributed by atoms with Crippen LogP contribution in [-0.4, -0.2) is 36.2 Å². The van der Waals surface area contributed by atoms with Crippen LogP contribution in [0.25, 0.3) is 0 Å². The lowest BCUT2D eigenvalue weighted by Gasteiger charge is -2.16. The third-order valence-electron chi connectivity index (χ3n) is 5.04.